The summed E-state index contributed by atoms with van der Waals surface area (Å²) in [7, 11) is 3.29. The monoisotopic (exact) mass is 328 g/mol. The van der Waals surface area contributed by atoms with Crippen LogP contribution in [0.4, 0.5) is 11.6 Å². The van der Waals surface area contributed by atoms with Crippen molar-refractivity contribution in [2.75, 3.05) is 37.0 Å². The number of aromatic nitrogens is 4. The highest BCUT2D eigenvalue weighted by Crippen LogP contribution is 2.24. The van der Waals surface area contributed by atoms with Gasteiger partial charge >= 0.3 is 5.97 Å². The third-order valence-electron chi connectivity index (χ3n) is 4.15. The van der Waals surface area contributed by atoms with Crippen LogP contribution in [0.3, 0.4) is 0 Å². The van der Waals surface area contributed by atoms with Crippen molar-refractivity contribution in [1.82, 2.24) is 20.4 Å². The molecule has 0 aromatic carbocycles. The molecule has 2 aromatic heterocycles. The molecule has 24 heavy (non-hydrogen) atoms. The summed E-state index contributed by atoms with van der Waals surface area (Å²) in [6.45, 7) is 1.77. The Morgan fingerprint density at radius 1 is 1.33 bits per heavy atom. The van der Waals surface area contributed by atoms with Gasteiger partial charge < -0.3 is 14.5 Å². The second-order valence-corrected chi connectivity index (χ2v) is 5.72. The Bertz CT molecular complexity index is 679. The van der Waals surface area contributed by atoms with E-state index in [1.807, 2.05) is 24.1 Å². The van der Waals surface area contributed by atoms with E-state index in [0.29, 0.717) is 11.9 Å². The zero-order chi connectivity index (χ0) is 16.9. The molecule has 1 fully saturated rings. The Morgan fingerprint density at radius 3 is 2.88 bits per heavy atom. The summed E-state index contributed by atoms with van der Waals surface area (Å²) in [4.78, 5) is 15.7. The van der Waals surface area contributed by atoms with E-state index in [-0.39, 0.29) is 5.69 Å². The third kappa shape index (κ3) is 3.42. The molecule has 0 spiro atoms. The van der Waals surface area contributed by atoms with Gasteiger partial charge in [0.1, 0.15) is 0 Å². The molecule has 1 unspecified atom stereocenters. The fourth-order valence-electron chi connectivity index (χ4n) is 2.93. The van der Waals surface area contributed by atoms with E-state index in [1.54, 1.807) is 18.3 Å². The Morgan fingerprint density at radius 2 is 2.21 bits per heavy atom. The largest absolute Gasteiger partial charge is 0.464 e. The number of carbonyl (C=O) groups excluding carboxylic acids is 1. The molecule has 8 heteroatoms. The van der Waals surface area contributed by atoms with E-state index in [9.17, 15) is 4.79 Å². The number of nitrogens with zero attached hydrogens (tertiary/aromatic N) is 6. The molecule has 0 amide bonds. The van der Waals surface area contributed by atoms with Crippen molar-refractivity contribution >= 4 is 17.6 Å². The van der Waals surface area contributed by atoms with Crippen LogP contribution >= 0.6 is 0 Å². The fraction of sp³-hybridized carbons (Fsp3) is 0.438. The van der Waals surface area contributed by atoms with Crippen LogP contribution in [0.25, 0.3) is 0 Å². The van der Waals surface area contributed by atoms with Crippen molar-refractivity contribution in [2.45, 2.75) is 18.9 Å². The summed E-state index contributed by atoms with van der Waals surface area (Å²) in [6.07, 6.45) is 3.90. The molecule has 126 valence electrons. The lowest BCUT2D eigenvalue weighted by Gasteiger charge is -2.29. The summed E-state index contributed by atoms with van der Waals surface area (Å²) < 4.78 is 4.63. The molecule has 0 bridgehead atoms. The van der Waals surface area contributed by atoms with Crippen LogP contribution in [0.5, 0.6) is 0 Å². The summed E-state index contributed by atoms with van der Waals surface area (Å²) in [5.74, 6) is 1.13. The lowest BCUT2D eigenvalue weighted by atomic mass is 10.2. The van der Waals surface area contributed by atoms with Gasteiger partial charge in [0.05, 0.1) is 7.11 Å². The number of hydrogen-bond donors (Lipinski definition) is 0. The van der Waals surface area contributed by atoms with Crippen molar-refractivity contribution in [3.05, 3.63) is 36.2 Å². The van der Waals surface area contributed by atoms with Crippen LogP contribution in [-0.2, 0) is 4.74 Å². The van der Waals surface area contributed by atoms with Gasteiger partial charge in [0.15, 0.2) is 17.3 Å². The van der Waals surface area contributed by atoms with Crippen molar-refractivity contribution < 1.29 is 9.53 Å². The van der Waals surface area contributed by atoms with Crippen molar-refractivity contribution in [1.29, 1.82) is 0 Å². The topological polar surface area (TPSA) is 84.3 Å². The molecule has 1 aliphatic heterocycles. The number of likely N-dealkylation sites (N-methyl/N-ethyl adjacent to an activating group) is 1. The highest BCUT2D eigenvalue weighted by atomic mass is 16.5. The lowest BCUT2D eigenvalue weighted by Crippen LogP contribution is -2.39. The number of ether oxygens (including phenoxy) is 1. The van der Waals surface area contributed by atoms with Crippen LogP contribution in [0.1, 0.15) is 23.3 Å². The first kappa shape index (κ1) is 16.1. The Labute approximate surface area is 140 Å². The number of anilines is 2. The first-order chi connectivity index (χ1) is 11.7. The van der Waals surface area contributed by atoms with Gasteiger partial charge in [-0.15, -0.1) is 15.3 Å². The standard InChI is InChI=1S/C16H20N6O2/c1-21(14-8-7-13(18-20-14)16(23)24-2)11-12-5-4-10-22(12)15-6-3-9-17-19-15/h3,6-9,12H,4-5,10-11H2,1-2H3. The highest BCUT2D eigenvalue weighted by Gasteiger charge is 2.27. The summed E-state index contributed by atoms with van der Waals surface area (Å²) in [5.41, 5.74) is 0.205. The first-order valence-corrected chi connectivity index (χ1v) is 7.86. The Balaban J connectivity index is 1.67. The van der Waals surface area contributed by atoms with Gasteiger partial charge in [-0.2, -0.15) is 5.10 Å². The number of methoxy groups -OCH3 is 1. The smallest absolute Gasteiger partial charge is 0.358 e. The van der Waals surface area contributed by atoms with Crippen LogP contribution < -0.4 is 9.80 Å². The predicted octanol–water partition coefficient (Wildman–Crippen LogP) is 1.16. The molecule has 1 saturated heterocycles. The maximum absolute atomic E-state index is 11.4. The minimum atomic E-state index is -0.485. The molecule has 0 N–H and O–H groups in total. The predicted molar refractivity (Wildman–Crippen MR) is 89.0 cm³/mol. The van der Waals surface area contributed by atoms with E-state index in [2.05, 4.69) is 30.0 Å². The molecule has 2 aromatic rings. The molecule has 1 aliphatic rings. The van der Waals surface area contributed by atoms with E-state index >= 15 is 0 Å². The zero-order valence-electron chi connectivity index (χ0n) is 13.8. The number of esters is 1. The second-order valence-electron chi connectivity index (χ2n) is 5.72. The normalized spacial score (nSPS) is 16.9. The second kappa shape index (κ2) is 7.20. The van der Waals surface area contributed by atoms with Crippen molar-refractivity contribution in [2.24, 2.45) is 0 Å². The number of hydrogen-bond acceptors (Lipinski definition) is 8. The van der Waals surface area contributed by atoms with E-state index in [1.165, 1.54) is 7.11 Å². The van der Waals surface area contributed by atoms with E-state index < -0.39 is 5.97 Å². The van der Waals surface area contributed by atoms with Gasteiger partial charge in [-0.1, -0.05) is 0 Å². The maximum Gasteiger partial charge on any atom is 0.358 e. The van der Waals surface area contributed by atoms with Crippen LogP contribution in [-0.4, -0.2) is 59.7 Å². The molecule has 3 heterocycles. The summed E-state index contributed by atoms with van der Waals surface area (Å²) >= 11 is 0. The third-order valence-corrected chi connectivity index (χ3v) is 4.15. The molecule has 3 rings (SSSR count). The Kier molecular flexibility index (Phi) is 4.83. The summed E-state index contributed by atoms with van der Waals surface area (Å²) in [5, 5.41) is 16.2. The van der Waals surface area contributed by atoms with Gasteiger partial charge in [-0.3, -0.25) is 0 Å². The molecule has 0 radical (unpaired) electrons. The van der Waals surface area contributed by atoms with E-state index in [4.69, 9.17) is 0 Å². The molecular formula is C16H20N6O2. The fourth-order valence-corrected chi connectivity index (χ4v) is 2.93. The molecular weight excluding hydrogens is 308 g/mol. The van der Waals surface area contributed by atoms with Crippen molar-refractivity contribution in [3.63, 3.8) is 0 Å². The van der Waals surface area contributed by atoms with Gasteiger partial charge in [0.25, 0.3) is 0 Å². The number of rotatable bonds is 5. The molecule has 8 nitrogen and oxygen atoms in total. The maximum atomic E-state index is 11.4. The van der Waals surface area contributed by atoms with Gasteiger partial charge in [-0.05, 0) is 37.1 Å². The molecule has 1 atom stereocenters. The first-order valence-electron chi connectivity index (χ1n) is 7.86. The Hall–Kier alpha value is -2.77. The van der Waals surface area contributed by atoms with Gasteiger partial charge in [-0.25, -0.2) is 4.79 Å². The van der Waals surface area contributed by atoms with Crippen LogP contribution in [0.2, 0.25) is 0 Å². The molecule has 0 aliphatic carbocycles. The minimum Gasteiger partial charge on any atom is -0.464 e. The van der Waals surface area contributed by atoms with Crippen LogP contribution in [0, 0.1) is 0 Å². The lowest BCUT2D eigenvalue weighted by molar-refractivity contribution is 0.0592. The molecule has 0 saturated carbocycles. The minimum absolute atomic E-state index is 0.205. The number of carbonyl (C=O) groups is 1. The average molecular weight is 328 g/mol. The quantitative estimate of drug-likeness (QED) is 0.756. The van der Waals surface area contributed by atoms with Crippen LogP contribution in [0.15, 0.2) is 30.5 Å². The van der Waals surface area contributed by atoms with Crippen molar-refractivity contribution in [3.8, 4) is 0 Å². The van der Waals surface area contributed by atoms with Gasteiger partial charge in [0.2, 0.25) is 0 Å². The average Bonchev–Trinajstić information content (AvgIpc) is 3.10. The van der Waals surface area contributed by atoms with E-state index in [0.717, 1.165) is 31.7 Å². The van der Waals surface area contributed by atoms with Gasteiger partial charge in [0, 0.05) is 32.4 Å². The SMILES string of the molecule is COC(=O)c1ccc(N(C)CC2CCCN2c2cccnn2)nn1. The highest BCUT2D eigenvalue weighted by molar-refractivity contribution is 5.86. The zero-order valence-corrected chi connectivity index (χ0v) is 13.8. The summed E-state index contributed by atoms with van der Waals surface area (Å²) in [6, 6.07) is 7.63.